The molecule has 0 aromatic rings. The van der Waals surface area contributed by atoms with Gasteiger partial charge in [-0.25, -0.2) is 0 Å². The third-order valence-electron chi connectivity index (χ3n) is 3.95. The first kappa shape index (κ1) is 11.3. The first-order chi connectivity index (χ1) is 7.28. The van der Waals surface area contributed by atoms with Crippen molar-refractivity contribution in [1.29, 1.82) is 5.26 Å². The molecule has 2 nitrogen and oxygen atoms in total. The Balaban J connectivity index is 2.07. The van der Waals surface area contributed by atoms with Crippen LogP contribution in [-0.2, 0) is 0 Å². The minimum Gasteiger partial charge on any atom is -0.391 e. The lowest BCUT2D eigenvalue weighted by atomic mass is 9.68. The lowest BCUT2D eigenvalue weighted by molar-refractivity contribution is 0.000396. The Labute approximate surface area is 96.1 Å². The van der Waals surface area contributed by atoms with E-state index in [0.29, 0.717) is 5.92 Å². The molecule has 1 saturated carbocycles. The quantitative estimate of drug-likeness (QED) is 0.785. The predicted molar refractivity (Wildman–Crippen MR) is 62.6 cm³/mol. The number of thioether (sulfide) groups is 1. The Bertz CT molecular complexity index is 249. The number of aliphatic hydroxyl groups excluding tert-OH is 1. The second-order valence-corrected chi connectivity index (χ2v) is 6.05. The van der Waals surface area contributed by atoms with E-state index in [1.54, 1.807) is 0 Å². The molecule has 2 rings (SSSR count). The van der Waals surface area contributed by atoms with Crippen LogP contribution in [-0.4, -0.2) is 22.7 Å². The molecular formula is C12H19NOS. The van der Waals surface area contributed by atoms with Crippen molar-refractivity contribution < 1.29 is 5.11 Å². The summed E-state index contributed by atoms with van der Waals surface area (Å²) in [7, 11) is 0. The highest BCUT2D eigenvalue weighted by Crippen LogP contribution is 2.43. The summed E-state index contributed by atoms with van der Waals surface area (Å²) < 4.78 is 0. The SMILES string of the molecule is N#CC1(C(O)C2CCSC2)CCCCC1. The van der Waals surface area contributed by atoms with Crippen molar-refractivity contribution in [2.45, 2.75) is 44.6 Å². The molecule has 1 N–H and O–H groups in total. The molecular weight excluding hydrogens is 206 g/mol. The molecule has 2 atom stereocenters. The van der Waals surface area contributed by atoms with Crippen molar-refractivity contribution in [3.63, 3.8) is 0 Å². The van der Waals surface area contributed by atoms with Crippen molar-refractivity contribution in [3.8, 4) is 6.07 Å². The maximum atomic E-state index is 10.4. The molecule has 2 fully saturated rings. The van der Waals surface area contributed by atoms with Gasteiger partial charge in [-0.15, -0.1) is 0 Å². The van der Waals surface area contributed by atoms with Gasteiger partial charge in [-0.1, -0.05) is 19.3 Å². The van der Waals surface area contributed by atoms with E-state index in [1.807, 2.05) is 11.8 Å². The lowest BCUT2D eigenvalue weighted by Gasteiger charge is -2.37. The van der Waals surface area contributed by atoms with E-state index in [2.05, 4.69) is 6.07 Å². The molecule has 1 aliphatic heterocycles. The minimum atomic E-state index is -0.409. The Morgan fingerprint density at radius 1 is 1.33 bits per heavy atom. The number of hydrogen-bond acceptors (Lipinski definition) is 3. The number of nitriles is 1. The van der Waals surface area contributed by atoms with Crippen LogP contribution in [0.1, 0.15) is 38.5 Å². The topological polar surface area (TPSA) is 44.0 Å². The third-order valence-corrected chi connectivity index (χ3v) is 5.13. The van der Waals surface area contributed by atoms with Crippen LogP contribution in [0.3, 0.4) is 0 Å². The fourth-order valence-electron chi connectivity index (χ4n) is 2.91. The summed E-state index contributed by atoms with van der Waals surface area (Å²) in [6.45, 7) is 0. The standard InChI is InChI=1S/C12H19NOS/c13-9-12(5-2-1-3-6-12)11(14)10-4-7-15-8-10/h10-11,14H,1-8H2. The maximum absolute atomic E-state index is 10.4. The van der Waals surface area contributed by atoms with Crippen molar-refractivity contribution in [3.05, 3.63) is 0 Å². The summed E-state index contributed by atoms with van der Waals surface area (Å²) in [4.78, 5) is 0. The van der Waals surface area contributed by atoms with Gasteiger partial charge in [0.15, 0.2) is 0 Å². The van der Waals surface area contributed by atoms with Gasteiger partial charge in [0.05, 0.1) is 17.6 Å². The van der Waals surface area contributed by atoms with Crippen molar-refractivity contribution in [1.82, 2.24) is 0 Å². The van der Waals surface area contributed by atoms with E-state index < -0.39 is 5.41 Å². The second kappa shape index (κ2) is 4.76. The molecule has 15 heavy (non-hydrogen) atoms. The van der Waals surface area contributed by atoms with Crippen molar-refractivity contribution in [2.24, 2.45) is 11.3 Å². The van der Waals surface area contributed by atoms with Crippen LogP contribution in [0.5, 0.6) is 0 Å². The largest absolute Gasteiger partial charge is 0.391 e. The zero-order chi connectivity index (χ0) is 10.7. The Morgan fingerprint density at radius 3 is 2.60 bits per heavy atom. The molecule has 1 heterocycles. The summed E-state index contributed by atoms with van der Waals surface area (Å²) in [6, 6.07) is 2.43. The molecule has 0 spiro atoms. The van der Waals surface area contributed by atoms with Crippen molar-refractivity contribution in [2.75, 3.05) is 11.5 Å². The highest BCUT2D eigenvalue weighted by molar-refractivity contribution is 7.99. The number of nitrogens with zero attached hydrogens (tertiary/aromatic N) is 1. The smallest absolute Gasteiger partial charge is 0.0835 e. The Morgan fingerprint density at radius 2 is 2.07 bits per heavy atom. The Kier molecular flexibility index (Phi) is 3.58. The predicted octanol–water partition coefficient (Wildman–Crippen LogP) is 2.57. The number of hydrogen-bond donors (Lipinski definition) is 1. The summed E-state index contributed by atoms with van der Waals surface area (Å²) in [6.07, 6.45) is 6.00. The van der Waals surface area contributed by atoms with E-state index in [4.69, 9.17) is 0 Å². The molecule has 2 aliphatic rings. The van der Waals surface area contributed by atoms with Crippen LogP contribution in [0.2, 0.25) is 0 Å². The zero-order valence-electron chi connectivity index (χ0n) is 9.11. The molecule has 1 aliphatic carbocycles. The van der Waals surface area contributed by atoms with Crippen LogP contribution in [0, 0.1) is 22.7 Å². The van der Waals surface area contributed by atoms with E-state index in [9.17, 15) is 10.4 Å². The highest BCUT2D eigenvalue weighted by Gasteiger charge is 2.43. The second-order valence-electron chi connectivity index (χ2n) is 4.90. The van der Waals surface area contributed by atoms with Crippen LogP contribution in [0.4, 0.5) is 0 Å². The van der Waals surface area contributed by atoms with Gasteiger partial charge in [-0.3, -0.25) is 0 Å². The van der Waals surface area contributed by atoms with Gasteiger partial charge in [0.1, 0.15) is 0 Å². The number of rotatable bonds is 2. The van der Waals surface area contributed by atoms with Crippen LogP contribution in [0.25, 0.3) is 0 Å². The average Bonchev–Trinajstić information content (AvgIpc) is 2.82. The van der Waals surface area contributed by atoms with Gasteiger partial charge in [-0.05, 0) is 36.7 Å². The number of aliphatic hydroxyl groups is 1. The fraction of sp³-hybridized carbons (Fsp3) is 0.917. The summed E-state index contributed by atoms with van der Waals surface area (Å²) in [5, 5.41) is 19.7. The fourth-order valence-corrected chi connectivity index (χ4v) is 4.20. The molecule has 84 valence electrons. The first-order valence-electron chi connectivity index (χ1n) is 5.95. The van der Waals surface area contributed by atoms with Crippen molar-refractivity contribution >= 4 is 11.8 Å². The van der Waals surface area contributed by atoms with Crippen LogP contribution >= 0.6 is 11.8 Å². The van der Waals surface area contributed by atoms with E-state index in [1.165, 1.54) is 6.42 Å². The third kappa shape index (κ3) is 2.16. The van der Waals surface area contributed by atoms with E-state index in [-0.39, 0.29) is 6.10 Å². The lowest BCUT2D eigenvalue weighted by Crippen LogP contribution is -2.41. The molecule has 3 heteroatoms. The van der Waals surface area contributed by atoms with Gasteiger partial charge in [0, 0.05) is 0 Å². The monoisotopic (exact) mass is 225 g/mol. The van der Waals surface area contributed by atoms with Gasteiger partial charge in [0.25, 0.3) is 0 Å². The summed E-state index contributed by atoms with van der Waals surface area (Å²) in [5.74, 6) is 2.57. The molecule has 0 radical (unpaired) electrons. The normalized spacial score (nSPS) is 32.1. The Hall–Kier alpha value is -0.200. The summed E-state index contributed by atoms with van der Waals surface area (Å²) >= 11 is 1.91. The molecule has 2 unspecified atom stereocenters. The van der Waals surface area contributed by atoms with Crippen LogP contribution < -0.4 is 0 Å². The first-order valence-corrected chi connectivity index (χ1v) is 7.11. The highest BCUT2D eigenvalue weighted by atomic mass is 32.2. The van der Waals surface area contributed by atoms with Gasteiger partial charge in [0.2, 0.25) is 0 Å². The maximum Gasteiger partial charge on any atom is 0.0835 e. The molecule has 0 aromatic carbocycles. The molecule has 1 saturated heterocycles. The summed E-state index contributed by atoms with van der Waals surface area (Å²) in [5.41, 5.74) is -0.409. The van der Waals surface area contributed by atoms with Crippen LogP contribution in [0.15, 0.2) is 0 Å². The molecule has 0 bridgehead atoms. The molecule has 0 aromatic heterocycles. The molecule has 0 amide bonds. The van der Waals surface area contributed by atoms with E-state index in [0.717, 1.165) is 43.6 Å². The van der Waals surface area contributed by atoms with Gasteiger partial charge >= 0.3 is 0 Å². The zero-order valence-corrected chi connectivity index (χ0v) is 9.93. The average molecular weight is 225 g/mol. The van der Waals surface area contributed by atoms with E-state index >= 15 is 0 Å². The van der Waals surface area contributed by atoms with Gasteiger partial charge in [-0.2, -0.15) is 17.0 Å². The minimum absolute atomic E-state index is 0.368. The van der Waals surface area contributed by atoms with Gasteiger partial charge < -0.3 is 5.11 Å².